The van der Waals surface area contributed by atoms with E-state index in [0.717, 1.165) is 16.8 Å². The standard InChI is InChI=1S/C36H37N3O7S/c1-6-43-26-16-14-25(15-17-26)33-32(35(42)45-8-3)23(5)37-36-39(33)34(41)30(47-36)20-24-13-18-28(29(19-24)44-7-2)46-21-31(40)38-27-12-10-9-11-22(27)4/h9-20,33H,6-8,21H2,1-5H3,(H,38,40)/b30-20+/t33-/m0/s1. The van der Waals surface area contributed by atoms with Gasteiger partial charge in [-0.2, -0.15) is 0 Å². The lowest BCUT2D eigenvalue weighted by Crippen LogP contribution is -2.39. The van der Waals surface area contributed by atoms with Crippen LogP contribution in [0, 0.1) is 6.92 Å². The molecule has 0 unspecified atom stereocenters. The second-order valence-corrected chi connectivity index (χ2v) is 11.6. The summed E-state index contributed by atoms with van der Waals surface area (Å²) in [6.07, 6.45) is 1.75. The van der Waals surface area contributed by atoms with Gasteiger partial charge < -0.3 is 24.3 Å². The molecular formula is C36H37N3O7S. The lowest BCUT2D eigenvalue weighted by Gasteiger charge is -2.24. The Hall–Kier alpha value is -5.16. The fourth-order valence-corrected chi connectivity index (χ4v) is 6.26. The number of nitrogens with one attached hydrogen (secondary N) is 1. The van der Waals surface area contributed by atoms with Crippen LogP contribution in [0.2, 0.25) is 0 Å². The van der Waals surface area contributed by atoms with Crippen LogP contribution in [0.4, 0.5) is 5.69 Å². The smallest absolute Gasteiger partial charge is 0.338 e. The molecule has 1 N–H and O–H groups in total. The maximum atomic E-state index is 14.0. The molecule has 0 saturated carbocycles. The van der Waals surface area contributed by atoms with Crippen molar-refractivity contribution in [1.82, 2.24) is 4.57 Å². The summed E-state index contributed by atoms with van der Waals surface area (Å²) in [4.78, 5) is 44.9. The second-order valence-electron chi connectivity index (χ2n) is 10.6. The van der Waals surface area contributed by atoms with E-state index in [1.165, 1.54) is 11.3 Å². The number of anilines is 1. The summed E-state index contributed by atoms with van der Waals surface area (Å²) in [5.41, 5.74) is 3.58. The number of thiazole rings is 1. The molecule has 1 amide bonds. The van der Waals surface area contributed by atoms with Crippen LogP contribution in [0.1, 0.15) is 50.4 Å². The molecule has 1 aromatic heterocycles. The third-order valence-electron chi connectivity index (χ3n) is 7.37. The topological polar surface area (TPSA) is 117 Å². The molecule has 0 aliphatic carbocycles. The van der Waals surface area contributed by atoms with E-state index in [-0.39, 0.29) is 24.7 Å². The van der Waals surface area contributed by atoms with Crippen LogP contribution < -0.4 is 34.4 Å². The predicted octanol–water partition coefficient (Wildman–Crippen LogP) is 4.92. The number of nitrogens with zero attached hydrogens (tertiary/aromatic N) is 2. The number of allylic oxidation sites excluding steroid dienone is 1. The highest BCUT2D eigenvalue weighted by Gasteiger charge is 2.33. The van der Waals surface area contributed by atoms with Crippen molar-refractivity contribution in [1.29, 1.82) is 0 Å². The minimum Gasteiger partial charge on any atom is -0.494 e. The number of hydrogen-bond donors (Lipinski definition) is 1. The van der Waals surface area contributed by atoms with Gasteiger partial charge in [0, 0.05) is 5.69 Å². The first-order chi connectivity index (χ1) is 22.7. The highest BCUT2D eigenvalue weighted by Crippen LogP contribution is 2.32. The molecule has 5 rings (SSSR count). The van der Waals surface area contributed by atoms with Gasteiger partial charge in [0.2, 0.25) is 0 Å². The molecule has 244 valence electrons. The van der Waals surface area contributed by atoms with E-state index in [4.69, 9.17) is 18.9 Å². The van der Waals surface area contributed by atoms with Crippen molar-refractivity contribution in [2.24, 2.45) is 4.99 Å². The molecule has 1 aliphatic rings. The number of esters is 1. The van der Waals surface area contributed by atoms with Crippen LogP contribution in [0.5, 0.6) is 17.2 Å². The van der Waals surface area contributed by atoms with Crippen LogP contribution in [0.3, 0.4) is 0 Å². The molecule has 0 bridgehead atoms. The molecule has 0 saturated heterocycles. The molecular weight excluding hydrogens is 618 g/mol. The van der Waals surface area contributed by atoms with Gasteiger partial charge in [-0.3, -0.25) is 14.2 Å². The summed E-state index contributed by atoms with van der Waals surface area (Å²) in [5.74, 6) is 0.699. The quantitative estimate of drug-likeness (QED) is 0.215. The number of fused-ring (bicyclic) bond motifs is 1. The molecule has 0 fully saturated rings. The number of benzene rings is 3. The summed E-state index contributed by atoms with van der Waals surface area (Å²) in [7, 11) is 0. The van der Waals surface area contributed by atoms with Gasteiger partial charge in [0.05, 0.1) is 41.7 Å². The first kappa shape index (κ1) is 33.2. The van der Waals surface area contributed by atoms with Crippen molar-refractivity contribution in [2.45, 2.75) is 40.7 Å². The molecule has 3 aromatic carbocycles. The summed E-state index contributed by atoms with van der Waals surface area (Å²) in [5, 5.41) is 2.86. The van der Waals surface area contributed by atoms with E-state index in [1.54, 1.807) is 42.7 Å². The van der Waals surface area contributed by atoms with Crippen molar-refractivity contribution in [3.63, 3.8) is 0 Å². The maximum absolute atomic E-state index is 14.0. The van der Waals surface area contributed by atoms with Crippen molar-refractivity contribution in [2.75, 3.05) is 31.7 Å². The Morgan fingerprint density at radius 3 is 2.36 bits per heavy atom. The summed E-state index contributed by atoms with van der Waals surface area (Å²) in [6.45, 7) is 10.0. The maximum Gasteiger partial charge on any atom is 0.338 e. The van der Waals surface area contributed by atoms with E-state index in [0.29, 0.717) is 56.6 Å². The minimum absolute atomic E-state index is 0.190. The number of ether oxygens (including phenoxy) is 4. The van der Waals surface area contributed by atoms with Crippen molar-refractivity contribution >= 4 is 35.0 Å². The second kappa shape index (κ2) is 15.0. The number of para-hydroxylation sites is 1. The molecule has 1 aliphatic heterocycles. The number of carbonyl (C=O) groups excluding carboxylic acids is 2. The van der Waals surface area contributed by atoms with Crippen molar-refractivity contribution in [3.05, 3.63) is 114 Å². The Labute approximate surface area is 276 Å². The van der Waals surface area contributed by atoms with Gasteiger partial charge in [0.15, 0.2) is 22.9 Å². The number of aromatic nitrogens is 1. The lowest BCUT2D eigenvalue weighted by atomic mass is 9.96. The monoisotopic (exact) mass is 655 g/mol. The van der Waals surface area contributed by atoms with Gasteiger partial charge in [-0.1, -0.05) is 47.7 Å². The fourth-order valence-electron chi connectivity index (χ4n) is 5.22. The van der Waals surface area contributed by atoms with Gasteiger partial charge in [-0.25, -0.2) is 9.79 Å². The molecule has 11 heteroatoms. The number of aryl methyl sites for hydroxylation is 1. The average molecular weight is 656 g/mol. The average Bonchev–Trinajstić information content (AvgIpc) is 3.35. The largest absolute Gasteiger partial charge is 0.494 e. The van der Waals surface area contributed by atoms with E-state index in [9.17, 15) is 14.4 Å². The van der Waals surface area contributed by atoms with E-state index < -0.39 is 12.0 Å². The predicted molar refractivity (Wildman–Crippen MR) is 181 cm³/mol. The zero-order chi connectivity index (χ0) is 33.5. The van der Waals surface area contributed by atoms with Crippen LogP contribution in [0.15, 0.2) is 87.8 Å². The van der Waals surface area contributed by atoms with Gasteiger partial charge in [-0.05, 0) is 87.7 Å². The Bertz CT molecular complexity index is 1990. The lowest BCUT2D eigenvalue weighted by molar-refractivity contribution is -0.139. The third kappa shape index (κ3) is 7.47. The Morgan fingerprint density at radius 1 is 0.915 bits per heavy atom. The molecule has 47 heavy (non-hydrogen) atoms. The summed E-state index contributed by atoms with van der Waals surface area (Å²) < 4.78 is 24.6. The number of rotatable bonds is 12. The highest BCUT2D eigenvalue weighted by molar-refractivity contribution is 7.07. The van der Waals surface area contributed by atoms with E-state index >= 15 is 0 Å². The fraction of sp³-hybridized carbons (Fsp3) is 0.278. The molecule has 1 atom stereocenters. The van der Waals surface area contributed by atoms with Crippen molar-refractivity contribution < 1.29 is 28.5 Å². The number of hydrogen-bond acceptors (Lipinski definition) is 9. The molecule has 0 spiro atoms. The normalized spacial score (nSPS) is 14.2. The Balaban J connectivity index is 1.48. The number of carbonyl (C=O) groups is 2. The first-order valence-electron chi connectivity index (χ1n) is 15.4. The van der Waals surface area contributed by atoms with Crippen LogP contribution >= 0.6 is 11.3 Å². The van der Waals surface area contributed by atoms with E-state index in [2.05, 4.69) is 10.3 Å². The van der Waals surface area contributed by atoms with Crippen LogP contribution in [0.25, 0.3) is 6.08 Å². The molecule has 10 nitrogen and oxygen atoms in total. The molecule has 0 radical (unpaired) electrons. The third-order valence-corrected chi connectivity index (χ3v) is 8.35. The minimum atomic E-state index is -0.733. The SMILES string of the molecule is CCOC(=O)C1=C(C)N=c2s/c(=C/c3ccc(OCC(=O)Nc4ccccc4C)c(OCC)c3)c(=O)n2[C@H]1c1ccc(OCC)cc1. The zero-order valence-electron chi connectivity index (χ0n) is 27.0. The Morgan fingerprint density at radius 2 is 1.66 bits per heavy atom. The van der Waals surface area contributed by atoms with Crippen LogP contribution in [-0.4, -0.2) is 42.9 Å². The highest BCUT2D eigenvalue weighted by atomic mass is 32.1. The zero-order valence-corrected chi connectivity index (χ0v) is 27.8. The van der Waals surface area contributed by atoms with Crippen LogP contribution in [-0.2, 0) is 14.3 Å². The van der Waals surface area contributed by atoms with Gasteiger partial charge in [0.25, 0.3) is 11.5 Å². The summed E-state index contributed by atoms with van der Waals surface area (Å²) in [6, 6.07) is 19.4. The van der Waals surface area contributed by atoms with Gasteiger partial charge in [-0.15, -0.1) is 0 Å². The molecule has 4 aromatic rings. The number of amides is 1. The first-order valence-corrected chi connectivity index (χ1v) is 16.2. The van der Waals surface area contributed by atoms with Crippen molar-refractivity contribution in [3.8, 4) is 17.2 Å². The van der Waals surface area contributed by atoms with E-state index in [1.807, 2.05) is 69.3 Å². The summed E-state index contributed by atoms with van der Waals surface area (Å²) >= 11 is 1.23. The molecule has 2 heterocycles. The van der Waals surface area contributed by atoms with Gasteiger partial charge >= 0.3 is 5.97 Å². The van der Waals surface area contributed by atoms with Gasteiger partial charge in [0.1, 0.15) is 5.75 Å². The Kier molecular flexibility index (Phi) is 10.6.